The van der Waals surface area contributed by atoms with Crippen molar-refractivity contribution >= 4 is 11.6 Å². The van der Waals surface area contributed by atoms with E-state index in [9.17, 15) is 4.79 Å². The van der Waals surface area contributed by atoms with Gasteiger partial charge < -0.3 is 20.1 Å². The average Bonchev–Trinajstić information content (AvgIpc) is 2.85. The Bertz CT molecular complexity index is 484. The van der Waals surface area contributed by atoms with Crippen molar-refractivity contribution in [2.24, 2.45) is 11.7 Å². The molecule has 2 rings (SSSR count). The minimum Gasteiger partial charge on any atom is -0.454 e. The van der Waals surface area contributed by atoms with Gasteiger partial charge in [0.1, 0.15) is 0 Å². The summed E-state index contributed by atoms with van der Waals surface area (Å²) in [6.45, 7) is 4.51. The summed E-state index contributed by atoms with van der Waals surface area (Å²) in [5.74, 6) is 1.30. The average molecular weight is 264 g/mol. The number of rotatable bonds is 4. The van der Waals surface area contributed by atoms with Crippen LogP contribution >= 0.6 is 0 Å². The lowest BCUT2D eigenvalue weighted by Crippen LogP contribution is -2.36. The number of carbonyl (C=O) groups excluding carboxylic acids is 1. The SMILES string of the molecule is CCC(CN)C(=O)N(C)c1cc2c(cc1C)OCO2. The predicted molar refractivity (Wildman–Crippen MR) is 73.5 cm³/mol. The molecule has 1 heterocycles. The van der Waals surface area contributed by atoms with E-state index in [1.165, 1.54) is 0 Å². The van der Waals surface area contributed by atoms with Gasteiger partial charge in [-0.3, -0.25) is 4.79 Å². The summed E-state index contributed by atoms with van der Waals surface area (Å²) in [7, 11) is 1.77. The fourth-order valence-electron chi connectivity index (χ4n) is 2.23. The number of benzene rings is 1. The zero-order valence-electron chi connectivity index (χ0n) is 11.6. The van der Waals surface area contributed by atoms with Crippen LogP contribution in [0.15, 0.2) is 12.1 Å². The van der Waals surface area contributed by atoms with Crippen LogP contribution in [0.3, 0.4) is 0 Å². The van der Waals surface area contributed by atoms with Crippen LogP contribution in [0.5, 0.6) is 11.5 Å². The Hall–Kier alpha value is -1.75. The third-order valence-electron chi connectivity index (χ3n) is 3.51. The smallest absolute Gasteiger partial charge is 0.231 e. The molecule has 0 aliphatic carbocycles. The van der Waals surface area contributed by atoms with E-state index >= 15 is 0 Å². The van der Waals surface area contributed by atoms with Gasteiger partial charge in [-0.2, -0.15) is 0 Å². The summed E-state index contributed by atoms with van der Waals surface area (Å²) in [5, 5.41) is 0. The Morgan fingerprint density at radius 3 is 2.63 bits per heavy atom. The second kappa shape index (κ2) is 5.48. The number of fused-ring (bicyclic) bond motifs is 1. The molecular formula is C14H20N2O3. The van der Waals surface area contributed by atoms with Gasteiger partial charge in [0.2, 0.25) is 12.7 Å². The van der Waals surface area contributed by atoms with Gasteiger partial charge in [-0.15, -0.1) is 0 Å². The summed E-state index contributed by atoms with van der Waals surface area (Å²) < 4.78 is 10.7. The maximum absolute atomic E-state index is 12.3. The minimum absolute atomic E-state index is 0.0342. The normalized spacial score (nSPS) is 14.3. The van der Waals surface area contributed by atoms with Gasteiger partial charge >= 0.3 is 0 Å². The molecular weight excluding hydrogens is 244 g/mol. The molecule has 1 aromatic rings. The number of anilines is 1. The topological polar surface area (TPSA) is 64.8 Å². The van der Waals surface area contributed by atoms with Crippen LogP contribution in [0.1, 0.15) is 18.9 Å². The highest BCUT2D eigenvalue weighted by Crippen LogP contribution is 2.38. The molecule has 1 amide bonds. The van der Waals surface area contributed by atoms with Crippen molar-refractivity contribution in [2.45, 2.75) is 20.3 Å². The first-order valence-corrected chi connectivity index (χ1v) is 6.46. The zero-order chi connectivity index (χ0) is 14.0. The van der Waals surface area contributed by atoms with E-state index < -0.39 is 0 Å². The van der Waals surface area contributed by atoms with Gasteiger partial charge in [-0.1, -0.05) is 6.92 Å². The highest BCUT2D eigenvalue weighted by atomic mass is 16.7. The van der Waals surface area contributed by atoms with E-state index in [0.29, 0.717) is 12.3 Å². The first-order chi connectivity index (χ1) is 9.08. The van der Waals surface area contributed by atoms with Gasteiger partial charge in [-0.05, 0) is 25.0 Å². The number of carbonyl (C=O) groups is 1. The fraction of sp³-hybridized carbons (Fsp3) is 0.500. The molecule has 5 nitrogen and oxygen atoms in total. The molecule has 1 atom stereocenters. The van der Waals surface area contributed by atoms with Crippen LogP contribution in [-0.2, 0) is 4.79 Å². The van der Waals surface area contributed by atoms with Gasteiger partial charge in [-0.25, -0.2) is 0 Å². The lowest BCUT2D eigenvalue weighted by Gasteiger charge is -2.24. The molecule has 0 spiro atoms. The Labute approximate surface area is 113 Å². The van der Waals surface area contributed by atoms with E-state index in [-0.39, 0.29) is 18.6 Å². The third kappa shape index (κ3) is 2.51. The van der Waals surface area contributed by atoms with Crippen molar-refractivity contribution in [3.05, 3.63) is 17.7 Å². The molecule has 0 radical (unpaired) electrons. The number of nitrogens with two attached hydrogens (primary N) is 1. The second-order valence-electron chi connectivity index (χ2n) is 4.73. The molecule has 5 heteroatoms. The lowest BCUT2D eigenvalue weighted by atomic mass is 10.0. The van der Waals surface area contributed by atoms with Gasteiger partial charge in [0, 0.05) is 19.7 Å². The highest BCUT2D eigenvalue weighted by molar-refractivity contribution is 5.95. The van der Waals surface area contributed by atoms with Gasteiger partial charge in [0.05, 0.1) is 11.6 Å². The Balaban J connectivity index is 2.28. The number of ether oxygens (including phenoxy) is 2. The monoisotopic (exact) mass is 264 g/mol. The Kier molecular flexibility index (Phi) is 3.95. The quantitative estimate of drug-likeness (QED) is 0.898. The van der Waals surface area contributed by atoms with E-state index in [1.54, 1.807) is 11.9 Å². The molecule has 1 unspecified atom stereocenters. The van der Waals surface area contributed by atoms with Gasteiger partial charge in [0.25, 0.3) is 0 Å². The highest BCUT2D eigenvalue weighted by Gasteiger charge is 2.23. The lowest BCUT2D eigenvalue weighted by molar-refractivity contribution is -0.121. The molecule has 0 saturated carbocycles. The number of nitrogens with zero attached hydrogens (tertiary/aromatic N) is 1. The van der Waals surface area contributed by atoms with Crippen molar-refractivity contribution in [3.8, 4) is 11.5 Å². The summed E-state index contributed by atoms with van der Waals surface area (Å²) in [6.07, 6.45) is 0.739. The molecule has 0 saturated heterocycles. The first kappa shape index (κ1) is 13.7. The first-order valence-electron chi connectivity index (χ1n) is 6.46. The molecule has 1 aliphatic heterocycles. The van der Waals surface area contributed by atoms with Crippen molar-refractivity contribution < 1.29 is 14.3 Å². The van der Waals surface area contributed by atoms with Crippen molar-refractivity contribution in [1.82, 2.24) is 0 Å². The molecule has 0 fully saturated rings. The molecule has 19 heavy (non-hydrogen) atoms. The summed E-state index contributed by atoms with van der Waals surface area (Å²) >= 11 is 0. The van der Waals surface area contributed by atoms with Crippen LogP contribution in [0.4, 0.5) is 5.69 Å². The number of hydrogen-bond donors (Lipinski definition) is 1. The molecule has 1 aliphatic rings. The minimum atomic E-state index is -0.144. The van der Waals surface area contributed by atoms with Gasteiger partial charge in [0.15, 0.2) is 11.5 Å². The zero-order valence-corrected chi connectivity index (χ0v) is 11.6. The van der Waals surface area contributed by atoms with Crippen molar-refractivity contribution in [2.75, 3.05) is 25.3 Å². The standard InChI is InChI=1S/C14H20N2O3/c1-4-10(7-15)14(17)16(3)11-6-13-12(5-9(11)2)18-8-19-13/h5-6,10H,4,7-8,15H2,1-3H3. The van der Waals surface area contributed by atoms with E-state index in [1.807, 2.05) is 26.0 Å². The molecule has 0 bridgehead atoms. The maximum atomic E-state index is 12.3. The number of hydrogen-bond acceptors (Lipinski definition) is 4. The fourth-order valence-corrected chi connectivity index (χ4v) is 2.23. The van der Waals surface area contributed by atoms with Crippen LogP contribution in [-0.4, -0.2) is 26.3 Å². The maximum Gasteiger partial charge on any atom is 0.231 e. The number of aryl methyl sites for hydroxylation is 1. The van der Waals surface area contributed by atoms with E-state index in [0.717, 1.165) is 23.4 Å². The summed E-state index contributed by atoms with van der Waals surface area (Å²) in [5.41, 5.74) is 7.45. The van der Waals surface area contributed by atoms with Crippen LogP contribution in [0.25, 0.3) is 0 Å². The van der Waals surface area contributed by atoms with E-state index in [4.69, 9.17) is 15.2 Å². The molecule has 1 aromatic carbocycles. The molecule has 0 aromatic heterocycles. The predicted octanol–water partition coefficient (Wildman–Crippen LogP) is 1.67. The van der Waals surface area contributed by atoms with E-state index in [2.05, 4.69) is 0 Å². The van der Waals surface area contributed by atoms with Crippen LogP contribution in [0.2, 0.25) is 0 Å². The second-order valence-corrected chi connectivity index (χ2v) is 4.73. The largest absolute Gasteiger partial charge is 0.454 e. The summed E-state index contributed by atoms with van der Waals surface area (Å²) in [6, 6.07) is 3.74. The Morgan fingerprint density at radius 1 is 1.42 bits per heavy atom. The third-order valence-corrected chi connectivity index (χ3v) is 3.51. The molecule has 104 valence electrons. The van der Waals surface area contributed by atoms with Crippen molar-refractivity contribution in [1.29, 1.82) is 0 Å². The summed E-state index contributed by atoms with van der Waals surface area (Å²) in [4.78, 5) is 14.0. The van der Waals surface area contributed by atoms with Crippen LogP contribution in [0, 0.1) is 12.8 Å². The van der Waals surface area contributed by atoms with Crippen molar-refractivity contribution in [3.63, 3.8) is 0 Å². The number of amides is 1. The molecule has 2 N–H and O–H groups in total. The van der Waals surface area contributed by atoms with Crippen LogP contribution < -0.4 is 20.1 Å². The Morgan fingerprint density at radius 2 is 2.05 bits per heavy atom.